The van der Waals surface area contributed by atoms with Gasteiger partial charge in [0.1, 0.15) is 0 Å². The Morgan fingerprint density at radius 1 is 1.26 bits per heavy atom. The second-order valence-electron chi connectivity index (χ2n) is 5.24. The zero-order chi connectivity index (χ0) is 14.2. The maximum atomic E-state index is 5.85. The Kier molecular flexibility index (Phi) is 4.31. The average molecular weight is 339 g/mol. The molecule has 0 saturated heterocycles. The first kappa shape index (κ1) is 14.5. The number of benzene rings is 1. The Bertz CT molecular complexity index is 579. The minimum Gasteiger partial charge on any atom is -0.375 e. The lowest BCUT2D eigenvalue weighted by atomic mass is 10.0. The minimum atomic E-state index is 0.418. The zero-order valence-electron chi connectivity index (χ0n) is 11.7. The van der Waals surface area contributed by atoms with E-state index in [4.69, 9.17) is 5.73 Å². The van der Waals surface area contributed by atoms with Crippen molar-refractivity contribution in [3.8, 4) is 0 Å². The van der Waals surface area contributed by atoms with E-state index in [1.54, 1.807) is 11.3 Å². The first-order valence-corrected chi connectivity index (χ1v) is 8.00. The molecule has 0 unspecified atom stereocenters. The predicted octanol–water partition coefficient (Wildman–Crippen LogP) is 4.82. The first-order chi connectivity index (χ1) is 8.88. The quantitative estimate of drug-likeness (QED) is 0.871. The molecule has 0 aliphatic heterocycles. The highest BCUT2D eigenvalue weighted by Gasteiger charge is 2.14. The summed E-state index contributed by atoms with van der Waals surface area (Å²) in [5.74, 6) is 0.418. The van der Waals surface area contributed by atoms with Gasteiger partial charge in [0.2, 0.25) is 0 Å². The first-order valence-electron chi connectivity index (χ1n) is 6.39. The van der Waals surface area contributed by atoms with Gasteiger partial charge in [-0.1, -0.05) is 41.9 Å². The molecule has 1 aromatic heterocycles. The summed E-state index contributed by atoms with van der Waals surface area (Å²) < 4.78 is 1.20. The van der Waals surface area contributed by atoms with Crippen molar-refractivity contribution in [1.82, 2.24) is 4.98 Å². The molecular formula is C15H19BrN2S. The van der Waals surface area contributed by atoms with Crippen molar-refractivity contribution in [2.75, 3.05) is 5.73 Å². The van der Waals surface area contributed by atoms with Crippen molar-refractivity contribution < 1.29 is 0 Å². The summed E-state index contributed by atoms with van der Waals surface area (Å²) in [6.07, 6.45) is 0.914. The highest BCUT2D eigenvalue weighted by molar-refractivity contribution is 9.10. The minimum absolute atomic E-state index is 0.418. The predicted molar refractivity (Wildman–Crippen MR) is 87.0 cm³/mol. The van der Waals surface area contributed by atoms with Crippen LogP contribution in [-0.2, 0) is 6.42 Å². The molecule has 0 radical (unpaired) electrons. The summed E-state index contributed by atoms with van der Waals surface area (Å²) in [5.41, 5.74) is 10.9. The van der Waals surface area contributed by atoms with E-state index in [1.165, 1.54) is 26.0 Å². The molecule has 0 saturated carbocycles. The number of thiazole rings is 1. The van der Waals surface area contributed by atoms with Crippen molar-refractivity contribution in [3.05, 3.63) is 43.9 Å². The number of rotatable bonds is 3. The highest BCUT2D eigenvalue weighted by Crippen LogP contribution is 2.30. The fourth-order valence-electron chi connectivity index (χ4n) is 2.28. The zero-order valence-corrected chi connectivity index (χ0v) is 14.2. The number of anilines is 1. The van der Waals surface area contributed by atoms with E-state index in [1.807, 2.05) is 0 Å². The van der Waals surface area contributed by atoms with E-state index in [9.17, 15) is 0 Å². The van der Waals surface area contributed by atoms with Gasteiger partial charge in [-0.25, -0.2) is 4.98 Å². The Hall–Kier alpha value is -0.870. The molecule has 102 valence electrons. The standard InChI is InChI=1S/C15H19BrN2S/c1-8(2)14-12(19-15(17)18-14)7-11-5-9(3)13(16)10(4)6-11/h5-6,8H,7H2,1-4H3,(H2,17,18). The van der Waals surface area contributed by atoms with Crippen LogP contribution >= 0.6 is 27.3 Å². The van der Waals surface area contributed by atoms with Crippen LogP contribution in [-0.4, -0.2) is 4.98 Å². The normalized spacial score (nSPS) is 11.3. The van der Waals surface area contributed by atoms with Gasteiger partial charge in [0, 0.05) is 15.8 Å². The van der Waals surface area contributed by atoms with E-state index in [0.29, 0.717) is 11.0 Å². The van der Waals surface area contributed by atoms with Crippen LogP contribution in [0.2, 0.25) is 0 Å². The van der Waals surface area contributed by atoms with E-state index >= 15 is 0 Å². The van der Waals surface area contributed by atoms with Crippen molar-refractivity contribution in [3.63, 3.8) is 0 Å². The number of aromatic nitrogens is 1. The van der Waals surface area contributed by atoms with Gasteiger partial charge >= 0.3 is 0 Å². The second-order valence-corrected chi connectivity index (χ2v) is 7.14. The van der Waals surface area contributed by atoms with Gasteiger partial charge in [0.25, 0.3) is 0 Å². The molecule has 0 atom stereocenters. The van der Waals surface area contributed by atoms with Crippen molar-refractivity contribution in [2.24, 2.45) is 0 Å². The van der Waals surface area contributed by atoms with Crippen LogP contribution in [0.3, 0.4) is 0 Å². The summed E-state index contributed by atoms with van der Waals surface area (Å²) in [7, 11) is 0. The fraction of sp³-hybridized carbons (Fsp3) is 0.400. The third kappa shape index (κ3) is 3.18. The van der Waals surface area contributed by atoms with Gasteiger partial charge in [0.15, 0.2) is 5.13 Å². The maximum absolute atomic E-state index is 5.85. The van der Waals surface area contributed by atoms with Crippen LogP contribution in [0.1, 0.15) is 47.0 Å². The van der Waals surface area contributed by atoms with Crippen molar-refractivity contribution in [1.29, 1.82) is 0 Å². The van der Waals surface area contributed by atoms with Crippen LogP contribution in [0.4, 0.5) is 5.13 Å². The third-order valence-corrected chi connectivity index (χ3v) is 5.30. The lowest BCUT2D eigenvalue weighted by molar-refractivity contribution is 0.820. The van der Waals surface area contributed by atoms with Crippen LogP contribution in [0.25, 0.3) is 0 Å². The summed E-state index contributed by atoms with van der Waals surface area (Å²) in [5, 5.41) is 0.671. The third-order valence-electron chi connectivity index (χ3n) is 3.15. The lowest BCUT2D eigenvalue weighted by Gasteiger charge is -2.09. The Morgan fingerprint density at radius 3 is 2.37 bits per heavy atom. The summed E-state index contributed by atoms with van der Waals surface area (Å²) in [6, 6.07) is 4.47. The second kappa shape index (κ2) is 5.63. The fourth-order valence-corrected chi connectivity index (χ4v) is 3.53. The molecule has 0 bridgehead atoms. The van der Waals surface area contributed by atoms with Gasteiger partial charge in [-0.05, 0) is 36.5 Å². The summed E-state index contributed by atoms with van der Waals surface area (Å²) in [4.78, 5) is 5.74. The SMILES string of the molecule is Cc1cc(Cc2sc(N)nc2C(C)C)cc(C)c1Br. The monoisotopic (exact) mass is 338 g/mol. The number of nitrogen functional groups attached to an aromatic ring is 1. The van der Waals surface area contributed by atoms with Gasteiger partial charge in [0.05, 0.1) is 5.69 Å². The number of nitrogens with zero attached hydrogens (tertiary/aromatic N) is 1. The molecule has 0 aliphatic carbocycles. The van der Waals surface area contributed by atoms with Gasteiger partial charge in [-0.2, -0.15) is 0 Å². The largest absolute Gasteiger partial charge is 0.375 e. The molecule has 2 nitrogen and oxygen atoms in total. The Labute approximate surface area is 127 Å². The molecule has 0 aliphatic rings. The Balaban J connectivity index is 2.36. The molecule has 0 fully saturated rings. The molecule has 2 rings (SSSR count). The lowest BCUT2D eigenvalue weighted by Crippen LogP contribution is -1.96. The molecule has 19 heavy (non-hydrogen) atoms. The van der Waals surface area contributed by atoms with Crippen LogP contribution < -0.4 is 5.73 Å². The molecule has 1 heterocycles. The highest BCUT2D eigenvalue weighted by atomic mass is 79.9. The van der Waals surface area contributed by atoms with Gasteiger partial charge in [-0.15, -0.1) is 11.3 Å². The molecule has 2 N–H and O–H groups in total. The average Bonchev–Trinajstić information content (AvgIpc) is 2.67. The summed E-state index contributed by atoms with van der Waals surface area (Å²) >= 11 is 5.22. The number of hydrogen-bond donors (Lipinski definition) is 1. The molecular weight excluding hydrogens is 320 g/mol. The molecule has 2 aromatic rings. The summed E-state index contributed by atoms with van der Waals surface area (Å²) in [6.45, 7) is 8.59. The van der Waals surface area contributed by atoms with Gasteiger partial charge < -0.3 is 5.73 Å². The van der Waals surface area contributed by atoms with Crippen LogP contribution in [0, 0.1) is 13.8 Å². The van der Waals surface area contributed by atoms with Crippen molar-refractivity contribution >= 4 is 32.4 Å². The molecule has 0 amide bonds. The maximum Gasteiger partial charge on any atom is 0.180 e. The number of hydrogen-bond acceptors (Lipinski definition) is 3. The Morgan fingerprint density at radius 2 is 1.84 bits per heavy atom. The van der Waals surface area contributed by atoms with Gasteiger partial charge in [-0.3, -0.25) is 0 Å². The molecule has 1 aromatic carbocycles. The molecule has 0 spiro atoms. The van der Waals surface area contributed by atoms with E-state index in [2.05, 4.69) is 60.7 Å². The van der Waals surface area contributed by atoms with Crippen molar-refractivity contribution in [2.45, 2.75) is 40.0 Å². The van der Waals surface area contributed by atoms with E-state index in [-0.39, 0.29) is 0 Å². The molecule has 4 heteroatoms. The number of aryl methyl sites for hydroxylation is 2. The number of nitrogens with two attached hydrogens (primary N) is 1. The smallest absolute Gasteiger partial charge is 0.180 e. The van der Waals surface area contributed by atoms with Crippen LogP contribution in [0.15, 0.2) is 16.6 Å². The van der Waals surface area contributed by atoms with Crippen LogP contribution in [0.5, 0.6) is 0 Å². The van der Waals surface area contributed by atoms with E-state index in [0.717, 1.165) is 12.1 Å². The number of halogens is 1. The van der Waals surface area contributed by atoms with E-state index < -0.39 is 0 Å². The topological polar surface area (TPSA) is 38.9 Å².